The average Bonchev–Trinajstić information content (AvgIpc) is 2.66. The number of likely N-dealkylation sites (tertiary alicyclic amines) is 1. The van der Waals surface area contributed by atoms with Gasteiger partial charge in [-0.25, -0.2) is 0 Å². The van der Waals surface area contributed by atoms with E-state index in [1.54, 1.807) is 0 Å². The Kier molecular flexibility index (Phi) is 14.7. The molecule has 1 nitrogen and oxygen atoms in total. The van der Waals surface area contributed by atoms with Gasteiger partial charge in [0.15, 0.2) is 0 Å². The summed E-state index contributed by atoms with van der Waals surface area (Å²) in [6.45, 7) is 13.6. The predicted octanol–water partition coefficient (Wildman–Crippen LogP) is 8.08. The largest absolute Gasteiger partial charge is 0.303 e. The highest BCUT2D eigenvalue weighted by Gasteiger charge is 2.20. The quantitative estimate of drug-likeness (QED) is 0.250. The number of nitrogens with zero attached hydrogens (tertiary/aromatic N) is 1. The molecule has 1 aliphatic rings. The van der Waals surface area contributed by atoms with Gasteiger partial charge in [-0.3, -0.25) is 0 Å². The topological polar surface area (TPSA) is 3.24 Å². The van der Waals surface area contributed by atoms with Crippen LogP contribution in [0, 0.1) is 17.8 Å². The minimum absolute atomic E-state index is 0.900. The van der Waals surface area contributed by atoms with Crippen molar-refractivity contribution in [3.63, 3.8) is 0 Å². The van der Waals surface area contributed by atoms with Crippen LogP contribution in [0.1, 0.15) is 124 Å². The Hall–Kier alpha value is -0.0400. The summed E-state index contributed by atoms with van der Waals surface area (Å²) in [4.78, 5) is 2.76. The lowest BCUT2D eigenvalue weighted by molar-refractivity contribution is 0.155. The van der Waals surface area contributed by atoms with Crippen LogP contribution in [0.4, 0.5) is 0 Å². The molecule has 0 radical (unpaired) electrons. The van der Waals surface area contributed by atoms with Gasteiger partial charge in [0, 0.05) is 6.54 Å². The average molecular weight is 366 g/mol. The zero-order chi connectivity index (χ0) is 19.0. The van der Waals surface area contributed by atoms with Crippen LogP contribution in [-0.2, 0) is 0 Å². The van der Waals surface area contributed by atoms with E-state index in [4.69, 9.17) is 0 Å². The zero-order valence-corrected chi connectivity index (χ0v) is 18.9. The number of piperidine rings is 1. The van der Waals surface area contributed by atoms with Crippen molar-refractivity contribution in [2.45, 2.75) is 124 Å². The van der Waals surface area contributed by atoms with Crippen LogP contribution in [0.5, 0.6) is 0 Å². The van der Waals surface area contributed by atoms with Crippen LogP contribution >= 0.6 is 0 Å². The molecule has 26 heavy (non-hydrogen) atoms. The van der Waals surface area contributed by atoms with Crippen molar-refractivity contribution < 1.29 is 0 Å². The third-order valence-electron chi connectivity index (χ3n) is 6.85. The maximum atomic E-state index is 2.76. The van der Waals surface area contributed by atoms with Crippen LogP contribution in [-0.4, -0.2) is 24.5 Å². The lowest BCUT2D eigenvalue weighted by Gasteiger charge is -2.33. The van der Waals surface area contributed by atoms with Gasteiger partial charge in [0.05, 0.1) is 0 Å². The van der Waals surface area contributed by atoms with Gasteiger partial charge >= 0.3 is 0 Å². The molecule has 0 amide bonds. The second-order valence-electron chi connectivity index (χ2n) is 9.40. The molecule has 0 aromatic rings. The van der Waals surface area contributed by atoms with Gasteiger partial charge in [-0.05, 0) is 50.1 Å². The van der Waals surface area contributed by atoms with Gasteiger partial charge in [0.2, 0.25) is 0 Å². The minimum atomic E-state index is 0.900. The van der Waals surface area contributed by atoms with Crippen molar-refractivity contribution in [3.8, 4) is 0 Å². The molecular weight excluding hydrogens is 314 g/mol. The Morgan fingerprint density at radius 1 is 0.769 bits per heavy atom. The van der Waals surface area contributed by atoms with Crippen LogP contribution in [0.15, 0.2) is 0 Å². The summed E-state index contributed by atoms with van der Waals surface area (Å²) in [6.07, 6.45) is 21.7. The van der Waals surface area contributed by atoms with E-state index in [2.05, 4.69) is 32.6 Å². The van der Waals surface area contributed by atoms with E-state index < -0.39 is 0 Å². The van der Waals surface area contributed by atoms with Crippen molar-refractivity contribution in [3.05, 3.63) is 0 Å². The van der Waals surface area contributed by atoms with Gasteiger partial charge < -0.3 is 4.90 Å². The van der Waals surface area contributed by atoms with Crippen LogP contribution in [0.3, 0.4) is 0 Å². The van der Waals surface area contributed by atoms with Crippen LogP contribution < -0.4 is 0 Å². The van der Waals surface area contributed by atoms with Crippen LogP contribution in [0.25, 0.3) is 0 Å². The number of hydrogen-bond donors (Lipinski definition) is 0. The molecule has 1 heterocycles. The molecule has 1 rings (SSSR count). The molecule has 1 heteroatoms. The zero-order valence-electron chi connectivity index (χ0n) is 18.9. The van der Waals surface area contributed by atoms with E-state index in [0.717, 1.165) is 17.8 Å². The second kappa shape index (κ2) is 16.0. The maximum absolute atomic E-state index is 2.76. The lowest BCUT2D eigenvalue weighted by atomic mass is 9.88. The highest BCUT2D eigenvalue weighted by atomic mass is 15.1. The number of rotatable bonds is 16. The van der Waals surface area contributed by atoms with E-state index in [1.807, 2.05) is 0 Å². The molecule has 0 N–H and O–H groups in total. The summed E-state index contributed by atoms with van der Waals surface area (Å²) in [5, 5.41) is 0. The molecule has 156 valence electrons. The molecule has 0 bridgehead atoms. The first-order chi connectivity index (χ1) is 12.7. The van der Waals surface area contributed by atoms with E-state index >= 15 is 0 Å². The molecular formula is C25H51N. The van der Waals surface area contributed by atoms with Gasteiger partial charge in [0.25, 0.3) is 0 Å². The minimum Gasteiger partial charge on any atom is -0.303 e. The molecule has 1 saturated heterocycles. The van der Waals surface area contributed by atoms with E-state index in [9.17, 15) is 0 Å². The molecule has 2 unspecified atom stereocenters. The highest BCUT2D eigenvalue weighted by molar-refractivity contribution is 4.74. The highest BCUT2D eigenvalue weighted by Crippen LogP contribution is 2.26. The molecule has 0 aliphatic carbocycles. The molecule has 1 fully saturated rings. The second-order valence-corrected chi connectivity index (χ2v) is 9.40. The van der Waals surface area contributed by atoms with E-state index in [0.29, 0.717) is 0 Å². The van der Waals surface area contributed by atoms with Crippen molar-refractivity contribution in [2.75, 3.05) is 19.6 Å². The van der Waals surface area contributed by atoms with E-state index in [-0.39, 0.29) is 0 Å². The summed E-state index contributed by atoms with van der Waals surface area (Å²) in [6, 6.07) is 0. The monoisotopic (exact) mass is 365 g/mol. The summed E-state index contributed by atoms with van der Waals surface area (Å²) in [5.74, 6) is 2.94. The van der Waals surface area contributed by atoms with Gasteiger partial charge in [-0.15, -0.1) is 0 Å². The Morgan fingerprint density at radius 2 is 1.42 bits per heavy atom. The molecule has 0 aromatic heterocycles. The Morgan fingerprint density at radius 3 is 2.08 bits per heavy atom. The maximum Gasteiger partial charge on any atom is 0.000702 e. The Balaban J connectivity index is 2.03. The molecule has 0 spiro atoms. The molecule has 1 aliphatic heterocycles. The van der Waals surface area contributed by atoms with Crippen molar-refractivity contribution in [1.82, 2.24) is 4.90 Å². The summed E-state index contributed by atoms with van der Waals surface area (Å²) < 4.78 is 0. The smallest absolute Gasteiger partial charge is 0.000702 e. The Bertz CT molecular complexity index is 293. The SMILES string of the molecule is CCCCCCC(C)CN1CCC(CCCCC(CC)CCCC)CC1. The summed E-state index contributed by atoms with van der Waals surface area (Å²) in [7, 11) is 0. The first-order valence-corrected chi connectivity index (χ1v) is 12.4. The van der Waals surface area contributed by atoms with Gasteiger partial charge in [-0.2, -0.15) is 0 Å². The van der Waals surface area contributed by atoms with Crippen LogP contribution in [0.2, 0.25) is 0 Å². The van der Waals surface area contributed by atoms with Crippen molar-refractivity contribution >= 4 is 0 Å². The fourth-order valence-electron chi connectivity index (χ4n) is 4.82. The van der Waals surface area contributed by atoms with Crippen molar-refractivity contribution in [2.24, 2.45) is 17.8 Å². The fraction of sp³-hybridized carbons (Fsp3) is 1.00. The molecule has 0 aromatic carbocycles. The number of hydrogen-bond acceptors (Lipinski definition) is 1. The van der Waals surface area contributed by atoms with Crippen molar-refractivity contribution in [1.29, 1.82) is 0 Å². The molecule has 0 saturated carbocycles. The van der Waals surface area contributed by atoms with Gasteiger partial charge in [0.1, 0.15) is 0 Å². The summed E-state index contributed by atoms with van der Waals surface area (Å²) >= 11 is 0. The first kappa shape index (κ1) is 24.0. The third kappa shape index (κ3) is 11.6. The molecule has 2 atom stereocenters. The number of unbranched alkanes of at least 4 members (excludes halogenated alkanes) is 5. The Labute approximate surface area is 166 Å². The first-order valence-electron chi connectivity index (χ1n) is 12.4. The lowest BCUT2D eigenvalue weighted by Crippen LogP contribution is -2.36. The van der Waals surface area contributed by atoms with E-state index in [1.165, 1.54) is 116 Å². The third-order valence-corrected chi connectivity index (χ3v) is 6.85. The van der Waals surface area contributed by atoms with Gasteiger partial charge in [-0.1, -0.05) is 105 Å². The standard InChI is InChI=1S/C25H51N/c1-5-8-10-11-14-23(4)22-26-20-18-25(19-21-26)17-13-12-16-24(7-3)15-9-6-2/h23-25H,5-22H2,1-4H3. The summed E-state index contributed by atoms with van der Waals surface area (Å²) in [5.41, 5.74) is 0. The fourth-order valence-corrected chi connectivity index (χ4v) is 4.82. The normalized spacial score (nSPS) is 18.9. The predicted molar refractivity (Wildman–Crippen MR) is 119 cm³/mol.